The van der Waals surface area contributed by atoms with Gasteiger partial charge in [-0.05, 0) is 130 Å². The Labute approximate surface area is 468 Å². The van der Waals surface area contributed by atoms with Gasteiger partial charge in [0.05, 0.1) is 35.3 Å². The number of ether oxygens (including phenoxy) is 3. The highest BCUT2D eigenvalue weighted by Gasteiger charge is 2.42. The van der Waals surface area contributed by atoms with Crippen LogP contribution in [0.3, 0.4) is 0 Å². The highest BCUT2D eigenvalue weighted by atomic mass is 35.5. The number of thioether (sulfide) groups is 1. The van der Waals surface area contributed by atoms with E-state index in [4.69, 9.17) is 25.8 Å². The van der Waals surface area contributed by atoms with E-state index in [0.29, 0.717) is 121 Å². The average Bonchev–Trinajstić information content (AvgIpc) is 3.92. The number of hydrogen-bond donors (Lipinski definition) is 3. The van der Waals surface area contributed by atoms with Crippen LogP contribution in [-0.4, -0.2) is 165 Å². The largest absolute Gasteiger partial charge is 0.455 e. The van der Waals surface area contributed by atoms with Crippen molar-refractivity contribution in [2.75, 3.05) is 109 Å². The number of aromatic amines is 1. The molecule has 17 nitrogen and oxygen atoms in total. The van der Waals surface area contributed by atoms with E-state index in [1.807, 2.05) is 49.9 Å². The molecule has 0 bridgehead atoms. The molecule has 0 spiro atoms. The van der Waals surface area contributed by atoms with Gasteiger partial charge in [-0.1, -0.05) is 36.2 Å². The zero-order valence-electron chi connectivity index (χ0n) is 44.8. The smallest absolute Gasteiger partial charge is 0.446 e. The maximum atomic E-state index is 14.5. The van der Waals surface area contributed by atoms with Gasteiger partial charge < -0.3 is 39.2 Å². The van der Waals surface area contributed by atoms with E-state index in [9.17, 15) is 36.0 Å². The molecule has 1 unspecified atom stereocenters. The van der Waals surface area contributed by atoms with E-state index in [1.54, 1.807) is 35.4 Å². The Morgan fingerprint density at radius 2 is 1.59 bits per heavy atom. The molecule has 3 aromatic carbocycles. The maximum absolute atomic E-state index is 14.5. The number of hydrogen-bond acceptors (Lipinski definition) is 14. The fourth-order valence-corrected chi connectivity index (χ4v) is 12.4. The number of nitrogens with one attached hydrogen (secondary N) is 3. The molecule has 1 atom stereocenters. The lowest BCUT2D eigenvalue weighted by molar-refractivity contribution is -0.143. The van der Waals surface area contributed by atoms with Crippen molar-refractivity contribution in [3.63, 3.8) is 0 Å². The van der Waals surface area contributed by atoms with Crippen LogP contribution in [-0.2, 0) is 24.3 Å². The van der Waals surface area contributed by atoms with Gasteiger partial charge in [-0.15, -0.1) is 0 Å². The second-order valence-electron chi connectivity index (χ2n) is 21.6. The molecular weight excluding hydrogens is 1080 g/mol. The molecule has 5 heterocycles. The number of aromatic nitrogens is 2. The lowest BCUT2D eigenvalue weighted by Gasteiger charge is -2.43. The molecule has 424 valence electrons. The van der Waals surface area contributed by atoms with Gasteiger partial charge in [-0.2, -0.15) is 13.2 Å². The minimum Gasteiger partial charge on any atom is -0.455 e. The molecule has 3 N–H and O–H groups in total. The van der Waals surface area contributed by atoms with E-state index < -0.39 is 49.1 Å². The fourth-order valence-electron chi connectivity index (χ4n) is 10.5. The number of H-pyrrole nitrogens is 1. The number of halogens is 4. The second-order valence-corrected chi connectivity index (χ2v) is 24.8. The summed E-state index contributed by atoms with van der Waals surface area (Å²) in [5, 5.41) is 4.39. The monoisotopic (exact) mass is 1150 g/mol. The molecule has 5 aromatic rings. The number of carbonyl (C=O) groups is 3. The molecule has 3 saturated heterocycles. The third kappa shape index (κ3) is 14.9. The number of nitrogens with zero attached hydrogens (tertiary/aromatic N) is 6. The Balaban J connectivity index is 0.899. The van der Waals surface area contributed by atoms with Gasteiger partial charge >= 0.3 is 11.6 Å². The van der Waals surface area contributed by atoms with Crippen molar-refractivity contribution in [1.82, 2.24) is 34.3 Å². The number of alkyl halides is 3. The third-order valence-corrected chi connectivity index (χ3v) is 17.0. The predicted molar refractivity (Wildman–Crippen MR) is 299 cm³/mol. The third-order valence-electron chi connectivity index (χ3n) is 14.6. The molecule has 0 radical (unpaired) electrons. The highest BCUT2D eigenvalue weighted by Crippen LogP contribution is 2.45. The summed E-state index contributed by atoms with van der Waals surface area (Å²) in [6, 6.07) is 19.6. The molecule has 3 fully saturated rings. The molecule has 3 aliphatic heterocycles. The molecule has 0 saturated carbocycles. The summed E-state index contributed by atoms with van der Waals surface area (Å²) in [5.41, 5.74) is -1.27. The molecule has 79 heavy (non-hydrogen) atoms. The molecule has 2 aromatic heterocycles. The first-order chi connectivity index (χ1) is 37.6. The summed E-state index contributed by atoms with van der Waals surface area (Å²) in [6.07, 6.45) is 5.38. The number of sulfonamides is 1. The Morgan fingerprint density at radius 3 is 2.30 bits per heavy atom. The van der Waals surface area contributed by atoms with E-state index in [2.05, 4.69) is 41.6 Å². The van der Waals surface area contributed by atoms with Crippen molar-refractivity contribution in [2.24, 2.45) is 5.41 Å². The summed E-state index contributed by atoms with van der Waals surface area (Å²) < 4.78 is 88.8. The lowest BCUT2D eigenvalue weighted by Crippen LogP contribution is -2.55. The van der Waals surface area contributed by atoms with Gasteiger partial charge in [0, 0.05) is 117 Å². The number of morpholine rings is 1. The highest BCUT2D eigenvalue weighted by molar-refractivity contribution is 8.00. The van der Waals surface area contributed by atoms with Crippen LogP contribution in [0.25, 0.3) is 16.6 Å². The maximum Gasteiger partial charge on any atom is 0.446 e. The lowest BCUT2D eigenvalue weighted by atomic mass is 9.70. The molecule has 4 aliphatic rings. The minimum atomic E-state index is -4.72. The quantitative estimate of drug-likeness (QED) is 0.0627. The van der Waals surface area contributed by atoms with Gasteiger partial charge in [0.2, 0.25) is 5.91 Å². The van der Waals surface area contributed by atoms with Gasteiger partial charge in [-0.25, -0.2) is 22.9 Å². The number of anilines is 2. The van der Waals surface area contributed by atoms with Crippen LogP contribution in [0.4, 0.5) is 29.3 Å². The normalized spacial score (nSPS) is 19.2. The van der Waals surface area contributed by atoms with Gasteiger partial charge in [0.25, 0.3) is 15.9 Å². The standard InChI is InChI=1S/C56H67ClF3N9O8S2/c1-54(2,3)77-53(72)69-26-24-68(25-27-69)52(71)55(4)16-14-45(38-6-8-41(57)9-7-38)40(35-55)37-66-20-22-67(23-21-66)42-10-12-46(48(33-42)76-43-32-39-15-18-62-50(39)63-36-43)51(70)64-79(73,74)44-11-13-47(49(34-44)78-56(58,59)60)61-17-5-19-65-28-30-75-31-29-65/h6-13,15,18,32-34,36,61H,5,14,16-17,19-31,35,37H2,1-4H3,(H,62,63)(H,64,70). The number of piperazine rings is 2. The summed E-state index contributed by atoms with van der Waals surface area (Å²) in [5.74, 6) is -0.668. The number of allylic oxidation sites excluding steroid dienone is 1. The van der Waals surface area contributed by atoms with Crippen LogP contribution in [0.2, 0.25) is 5.02 Å². The van der Waals surface area contributed by atoms with Gasteiger partial charge in [0.15, 0.2) is 0 Å². The topological polar surface area (TPSA) is 182 Å². The first kappa shape index (κ1) is 57.6. The first-order valence-electron chi connectivity index (χ1n) is 26.6. The Kier molecular flexibility index (Phi) is 17.8. The zero-order chi connectivity index (χ0) is 56.1. The van der Waals surface area contributed by atoms with Crippen molar-refractivity contribution in [2.45, 2.75) is 74.3 Å². The Bertz CT molecular complexity index is 3150. The van der Waals surface area contributed by atoms with Gasteiger partial charge in [-0.3, -0.25) is 19.4 Å². The Morgan fingerprint density at radius 1 is 0.873 bits per heavy atom. The van der Waals surface area contributed by atoms with Crippen molar-refractivity contribution in [1.29, 1.82) is 0 Å². The summed E-state index contributed by atoms with van der Waals surface area (Å²) in [4.78, 5) is 58.2. The van der Waals surface area contributed by atoms with Crippen molar-refractivity contribution in [3.05, 3.63) is 107 Å². The van der Waals surface area contributed by atoms with Crippen LogP contribution in [0.1, 0.15) is 69.3 Å². The summed E-state index contributed by atoms with van der Waals surface area (Å²) >= 11 is 5.89. The molecule has 3 amide bonds. The Hall–Kier alpha value is -6.04. The summed E-state index contributed by atoms with van der Waals surface area (Å²) in [6.45, 7) is 16.1. The van der Waals surface area contributed by atoms with E-state index in [0.717, 1.165) is 36.7 Å². The van der Waals surface area contributed by atoms with E-state index >= 15 is 0 Å². The zero-order valence-corrected chi connectivity index (χ0v) is 47.2. The molecule has 9 rings (SSSR count). The van der Waals surface area contributed by atoms with Crippen molar-refractivity contribution < 1.29 is 50.2 Å². The predicted octanol–water partition coefficient (Wildman–Crippen LogP) is 9.72. The SMILES string of the molecule is CC(C)(C)OC(=O)N1CCN(C(=O)C2(C)CCC(c3ccc(Cl)cc3)=C(CN3CCN(c4ccc(C(=O)NS(=O)(=O)c5ccc(NCCCN6CCOCC6)c(SC(F)(F)F)c5)c(Oc5cnc6[nH]ccc6c5)c4)CC3)C2)CC1. The molecule has 23 heteroatoms. The number of fused-ring (bicyclic) bond motifs is 1. The molecule has 1 aliphatic carbocycles. The van der Waals surface area contributed by atoms with Gasteiger partial charge in [0.1, 0.15) is 22.7 Å². The van der Waals surface area contributed by atoms with E-state index in [-0.39, 0.29) is 39.6 Å². The van der Waals surface area contributed by atoms with Crippen LogP contribution >= 0.6 is 23.4 Å². The second kappa shape index (κ2) is 24.4. The fraction of sp³-hybridized carbons (Fsp3) is 0.464. The minimum absolute atomic E-state index is 0.0319. The average molecular weight is 1150 g/mol. The van der Waals surface area contributed by atoms with Crippen LogP contribution in [0, 0.1) is 5.41 Å². The number of pyridine rings is 1. The van der Waals surface area contributed by atoms with Crippen LogP contribution < -0.4 is 19.7 Å². The van der Waals surface area contributed by atoms with Crippen molar-refractivity contribution >= 4 is 79.3 Å². The number of rotatable bonds is 16. The first-order valence-corrected chi connectivity index (χ1v) is 29.2. The van der Waals surface area contributed by atoms with Crippen LogP contribution in [0.5, 0.6) is 11.5 Å². The number of benzene rings is 3. The number of carbonyl (C=O) groups excluding carboxylic acids is 3. The molecular formula is C56H67ClF3N9O8S2. The van der Waals surface area contributed by atoms with Crippen LogP contribution in [0.15, 0.2) is 101 Å². The summed E-state index contributed by atoms with van der Waals surface area (Å²) in [7, 11) is -4.72. The number of amides is 3. The van der Waals surface area contributed by atoms with Crippen molar-refractivity contribution in [3.8, 4) is 11.5 Å². The van der Waals surface area contributed by atoms with E-state index in [1.165, 1.54) is 35.5 Å².